The number of benzene rings is 1. The van der Waals surface area contributed by atoms with E-state index < -0.39 is 24.3 Å². The van der Waals surface area contributed by atoms with Gasteiger partial charge in [-0.25, -0.2) is 0 Å². The van der Waals surface area contributed by atoms with Gasteiger partial charge in [0.2, 0.25) is 5.82 Å². The summed E-state index contributed by atoms with van der Waals surface area (Å²) in [7, 11) is 0.903. The monoisotopic (exact) mass is 322 g/mol. The van der Waals surface area contributed by atoms with Gasteiger partial charge in [-0.3, -0.25) is 14.7 Å². The van der Waals surface area contributed by atoms with Crippen molar-refractivity contribution in [3.8, 4) is 5.75 Å². The molecule has 0 saturated heterocycles. The molecular weight excluding hydrogens is 306 g/mol. The lowest BCUT2D eigenvalue weighted by molar-refractivity contribution is -0.870. The maximum atomic E-state index is 13.3. The number of likely N-dealkylation sites (N-methyl/N-ethyl adjacent to an activating group) is 1. The van der Waals surface area contributed by atoms with E-state index in [2.05, 4.69) is 9.05 Å². The van der Waals surface area contributed by atoms with Crippen LogP contribution in [0.4, 0.5) is 10.1 Å². The Bertz CT molecular complexity index is 574. The van der Waals surface area contributed by atoms with Gasteiger partial charge in [0.1, 0.15) is 18.9 Å². The number of phosphoric ester groups is 1. The molecule has 1 aromatic carbocycles. The van der Waals surface area contributed by atoms with E-state index in [0.29, 0.717) is 17.1 Å². The Hall–Kier alpha value is -1.54. The zero-order valence-electron chi connectivity index (χ0n) is 11.8. The maximum absolute atomic E-state index is 13.3. The fraction of sp³-hybridized carbons (Fsp3) is 0.455. The largest absolute Gasteiger partial charge is 0.746 e. The molecule has 0 fully saturated rings. The van der Waals surface area contributed by atoms with Crippen LogP contribution in [0.1, 0.15) is 0 Å². The molecular formula is C11H16FN2O6P. The van der Waals surface area contributed by atoms with E-state index >= 15 is 0 Å². The molecule has 1 aromatic rings. The summed E-state index contributed by atoms with van der Waals surface area (Å²) in [4.78, 5) is 21.0. The molecule has 1 unspecified atom stereocenters. The van der Waals surface area contributed by atoms with E-state index in [1.165, 1.54) is 0 Å². The van der Waals surface area contributed by atoms with Gasteiger partial charge < -0.3 is 18.4 Å². The molecule has 0 aliphatic heterocycles. The number of halogens is 1. The van der Waals surface area contributed by atoms with Crippen molar-refractivity contribution in [2.45, 2.75) is 0 Å². The van der Waals surface area contributed by atoms with E-state index in [1.807, 2.05) is 21.1 Å². The lowest BCUT2D eigenvalue weighted by Gasteiger charge is -2.27. The zero-order valence-corrected chi connectivity index (χ0v) is 12.7. The number of quaternary nitrogens is 1. The highest BCUT2D eigenvalue weighted by Gasteiger charge is 2.18. The van der Waals surface area contributed by atoms with E-state index in [1.54, 1.807) is 0 Å². The van der Waals surface area contributed by atoms with Gasteiger partial charge in [-0.2, -0.15) is 4.39 Å². The van der Waals surface area contributed by atoms with Crippen LogP contribution >= 0.6 is 7.82 Å². The Morgan fingerprint density at radius 2 is 2.00 bits per heavy atom. The van der Waals surface area contributed by atoms with Crippen molar-refractivity contribution in [3.63, 3.8) is 0 Å². The third-order valence-electron chi connectivity index (χ3n) is 2.34. The fourth-order valence-electron chi connectivity index (χ4n) is 1.27. The van der Waals surface area contributed by atoms with Crippen molar-refractivity contribution in [3.05, 3.63) is 34.1 Å². The molecule has 21 heavy (non-hydrogen) atoms. The highest BCUT2D eigenvalue weighted by Crippen LogP contribution is 2.40. The van der Waals surface area contributed by atoms with Crippen LogP contribution in [0.3, 0.4) is 0 Å². The summed E-state index contributed by atoms with van der Waals surface area (Å²) in [5.74, 6) is -1.58. The van der Waals surface area contributed by atoms with E-state index in [9.17, 15) is 24.0 Å². The Balaban J connectivity index is 2.69. The van der Waals surface area contributed by atoms with Crippen LogP contribution in [0, 0.1) is 15.9 Å². The summed E-state index contributed by atoms with van der Waals surface area (Å²) >= 11 is 0. The molecule has 1 rings (SSSR count). The number of phosphoric acid groups is 1. The number of hydrogen-bond donors (Lipinski definition) is 0. The van der Waals surface area contributed by atoms with Crippen LogP contribution in [0.5, 0.6) is 5.75 Å². The predicted octanol–water partition coefficient (Wildman–Crippen LogP) is 1.30. The number of nitro benzene ring substituents is 1. The van der Waals surface area contributed by atoms with Gasteiger partial charge in [-0.1, -0.05) is 0 Å². The van der Waals surface area contributed by atoms with Gasteiger partial charge in [-0.15, -0.1) is 0 Å². The van der Waals surface area contributed by atoms with Crippen LogP contribution in [-0.2, 0) is 9.09 Å². The summed E-state index contributed by atoms with van der Waals surface area (Å²) in [5, 5.41) is 10.4. The molecule has 10 heteroatoms. The van der Waals surface area contributed by atoms with Crippen molar-refractivity contribution in [1.82, 2.24) is 0 Å². The second-order valence-electron chi connectivity index (χ2n) is 5.26. The van der Waals surface area contributed by atoms with Crippen molar-refractivity contribution in [2.24, 2.45) is 0 Å². The molecule has 0 amide bonds. The van der Waals surface area contributed by atoms with E-state index in [-0.39, 0.29) is 12.4 Å². The highest BCUT2D eigenvalue weighted by atomic mass is 31.2. The lowest BCUT2D eigenvalue weighted by atomic mass is 10.3. The Morgan fingerprint density at radius 1 is 1.38 bits per heavy atom. The third kappa shape index (κ3) is 6.17. The van der Waals surface area contributed by atoms with E-state index in [0.717, 1.165) is 12.1 Å². The summed E-state index contributed by atoms with van der Waals surface area (Å²) < 4.78 is 34.5. The van der Waals surface area contributed by atoms with Gasteiger partial charge in [-0.05, 0) is 6.07 Å². The standard InChI is InChI=1S/C11H16FN2O6P/c1-14(2,3)6-7-19-21(17,18)20-9-4-5-11(13(15)16)10(12)8-9/h4-5,8H,6-7H2,1-3H3. The van der Waals surface area contributed by atoms with Crippen molar-refractivity contribution >= 4 is 13.5 Å². The molecule has 0 saturated carbocycles. The normalized spacial score (nSPS) is 14.5. The van der Waals surface area contributed by atoms with E-state index in [4.69, 9.17) is 0 Å². The second-order valence-corrected chi connectivity index (χ2v) is 6.59. The Kier molecular flexibility index (Phi) is 5.41. The minimum atomic E-state index is -4.66. The summed E-state index contributed by atoms with van der Waals surface area (Å²) in [5.41, 5.74) is -0.769. The summed E-state index contributed by atoms with van der Waals surface area (Å²) in [6, 6.07) is 2.41. The lowest BCUT2D eigenvalue weighted by Crippen LogP contribution is -2.37. The summed E-state index contributed by atoms with van der Waals surface area (Å²) in [6.45, 7) is 0.323. The molecule has 0 aromatic heterocycles. The summed E-state index contributed by atoms with van der Waals surface area (Å²) in [6.07, 6.45) is 0. The molecule has 0 bridgehead atoms. The van der Waals surface area contributed by atoms with Crippen molar-refractivity contribution < 1.29 is 32.3 Å². The van der Waals surface area contributed by atoms with Crippen molar-refractivity contribution in [2.75, 3.05) is 34.3 Å². The van der Waals surface area contributed by atoms with Gasteiger partial charge in [0, 0.05) is 12.1 Å². The highest BCUT2D eigenvalue weighted by molar-refractivity contribution is 7.46. The van der Waals surface area contributed by atoms with Gasteiger partial charge in [0.15, 0.2) is 0 Å². The number of hydrogen-bond acceptors (Lipinski definition) is 6. The van der Waals surface area contributed by atoms with Gasteiger partial charge in [0.05, 0.1) is 26.1 Å². The third-order valence-corrected chi connectivity index (χ3v) is 3.28. The smallest absolute Gasteiger partial charge is 0.319 e. The second kappa shape index (κ2) is 6.48. The van der Waals surface area contributed by atoms with Gasteiger partial charge >= 0.3 is 13.5 Å². The molecule has 0 aliphatic carbocycles. The van der Waals surface area contributed by atoms with Crippen LogP contribution in [-0.4, -0.2) is 43.7 Å². The van der Waals surface area contributed by atoms with Crippen LogP contribution < -0.4 is 9.42 Å². The average Bonchev–Trinajstić information content (AvgIpc) is 2.25. The first-order chi connectivity index (χ1) is 9.50. The SMILES string of the molecule is C[N+](C)(C)CCOP(=O)([O-])Oc1ccc([N+](=O)[O-])c(F)c1. The molecule has 0 spiro atoms. The first-order valence-electron chi connectivity index (χ1n) is 5.90. The van der Waals surface area contributed by atoms with Crippen molar-refractivity contribution in [1.29, 1.82) is 0 Å². The predicted molar refractivity (Wildman–Crippen MR) is 70.1 cm³/mol. The molecule has 0 heterocycles. The fourth-order valence-corrected chi connectivity index (χ4v) is 2.00. The topological polar surface area (TPSA) is 102 Å². The molecule has 0 aliphatic rings. The number of nitrogens with zero attached hydrogens (tertiary/aromatic N) is 2. The zero-order chi connectivity index (χ0) is 16.3. The first kappa shape index (κ1) is 17.5. The number of rotatable bonds is 7. The molecule has 0 radical (unpaired) electrons. The van der Waals surface area contributed by atoms with Gasteiger partial charge in [0.25, 0.3) is 0 Å². The molecule has 0 N–H and O–H groups in total. The number of nitro groups is 1. The molecule has 118 valence electrons. The average molecular weight is 322 g/mol. The Morgan fingerprint density at radius 3 is 2.48 bits per heavy atom. The quantitative estimate of drug-likeness (QED) is 0.324. The first-order valence-corrected chi connectivity index (χ1v) is 7.36. The van der Waals surface area contributed by atoms with Crippen LogP contribution in [0.15, 0.2) is 18.2 Å². The molecule has 8 nitrogen and oxygen atoms in total. The van der Waals surface area contributed by atoms with Crippen LogP contribution in [0.2, 0.25) is 0 Å². The maximum Gasteiger partial charge on any atom is 0.319 e. The minimum Gasteiger partial charge on any atom is -0.746 e. The Labute approximate surface area is 121 Å². The minimum absolute atomic E-state index is 0.0975. The molecule has 1 atom stereocenters. The van der Waals surface area contributed by atoms with Crippen LogP contribution in [0.25, 0.3) is 0 Å².